The summed E-state index contributed by atoms with van der Waals surface area (Å²) < 4.78 is 11.7. The van der Waals surface area contributed by atoms with Gasteiger partial charge in [0.1, 0.15) is 0 Å². The van der Waals surface area contributed by atoms with E-state index >= 15 is 0 Å². The molecule has 0 bridgehead atoms. The molecule has 32 heavy (non-hydrogen) atoms. The van der Waals surface area contributed by atoms with Crippen LogP contribution in [0.4, 0.5) is 0 Å². The minimum Gasteiger partial charge on any atom is -0.382 e. The summed E-state index contributed by atoms with van der Waals surface area (Å²) in [7, 11) is 1.67. The summed E-state index contributed by atoms with van der Waals surface area (Å²) in [6.45, 7) is 10.6. The predicted molar refractivity (Wildman–Crippen MR) is 125 cm³/mol. The zero-order chi connectivity index (χ0) is 23.3. The molecule has 1 saturated heterocycles. The molecule has 6 nitrogen and oxygen atoms in total. The number of likely N-dealkylation sites (tertiary alicyclic amines) is 1. The molecule has 1 aromatic rings. The summed E-state index contributed by atoms with van der Waals surface area (Å²) in [4.78, 5) is 27.4. The summed E-state index contributed by atoms with van der Waals surface area (Å²) >= 11 is 0. The Bertz CT molecular complexity index is 784. The molecule has 1 spiro atoms. The third-order valence-electron chi connectivity index (χ3n) is 7.03. The smallest absolute Gasteiger partial charge is 0.223 e. The first kappa shape index (κ1) is 24.7. The molecule has 1 N–H and O–H groups in total. The molecule has 1 aromatic carbocycles. The summed E-state index contributed by atoms with van der Waals surface area (Å²) in [6, 6.07) is 8.20. The van der Waals surface area contributed by atoms with Gasteiger partial charge in [0.2, 0.25) is 11.8 Å². The van der Waals surface area contributed by atoms with E-state index < -0.39 is 0 Å². The van der Waals surface area contributed by atoms with E-state index in [9.17, 15) is 9.59 Å². The van der Waals surface area contributed by atoms with Gasteiger partial charge in [-0.15, -0.1) is 0 Å². The number of nitrogens with one attached hydrogen (secondary N) is 1. The molecule has 2 atom stereocenters. The Balaban J connectivity index is 1.85. The van der Waals surface area contributed by atoms with Crippen LogP contribution < -0.4 is 5.32 Å². The van der Waals surface area contributed by atoms with Gasteiger partial charge in [0.25, 0.3) is 0 Å². The lowest BCUT2D eigenvalue weighted by Gasteiger charge is -2.44. The Morgan fingerprint density at radius 3 is 2.44 bits per heavy atom. The number of nitrogens with zero attached hydrogens (tertiary/aromatic N) is 1. The molecule has 0 aromatic heterocycles. The minimum atomic E-state index is -0.214. The summed E-state index contributed by atoms with van der Waals surface area (Å²) in [5.74, 6) is 0.712. The molecule has 0 unspecified atom stereocenters. The largest absolute Gasteiger partial charge is 0.382 e. The summed E-state index contributed by atoms with van der Waals surface area (Å²) in [5, 5.41) is 3.26. The van der Waals surface area contributed by atoms with Crippen molar-refractivity contribution in [1.29, 1.82) is 0 Å². The van der Waals surface area contributed by atoms with Gasteiger partial charge in [-0.3, -0.25) is 9.59 Å². The van der Waals surface area contributed by atoms with E-state index in [2.05, 4.69) is 37.4 Å². The van der Waals surface area contributed by atoms with Crippen LogP contribution in [0.15, 0.2) is 24.3 Å². The van der Waals surface area contributed by atoms with E-state index in [0.29, 0.717) is 25.6 Å². The maximum absolute atomic E-state index is 12.7. The average molecular weight is 445 g/mol. The highest BCUT2D eigenvalue weighted by molar-refractivity contribution is 5.79. The molecular weight excluding hydrogens is 404 g/mol. The first-order chi connectivity index (χ1) is 15.3. The number of methoxy groups -OCH3 is 1. The molecule has 1 fully saturated rings. The van der Waals surface area contributed by atoms with Crippen LogP contribution in [0.2, 0.25) is 0 Å². The average Bonchev–Trinajstić information content (AvgIpc) is 3.02. The molecule has 2 aliphatic rings. The van der Waals surface area contributed by atoms with Crippen LogP contribution >= 0.6 is 0 Å². The SMILES string of the molecule is COCCO[C@@H]1[C@@H](NC(=O)C(C)C)c2ccccc2C12CCN(C(=O)CCC(C)C)CC2. The third-order valence-corrected chi connectivity index (χ3v) is 7.03. The van der Waals surface area contributed by atoms with Crippen molar-refractivity contribution >= 4 is 11.8 Å². The van der Waals surface area contributed by atoms with Crippen molar-refractivity contribution in [2.75, 3.05) is 33.4 Å². The van der Waals surface area contributed by atoms with E-state index in [1.807, 2.05) is 24.8 Å². The van der Waals surface area contributed by atoms with Gasteiger partial charge in [0.05, 0.1) is 25.4 Å². The van der Waals surface area contributed by atoms with Crippen LogP contribution in [0.1, 0.15) is 70.5 Å². The quantitative estimate of drug-likeness (QED) is 0.588. The van der Waals surface area contributed by atoms with Gasteiger partial charge < -0.3 is 19.7 Å². The van der Waals surface area contributed by atoms with E-state index in [0.717, 1.165) is 37.9 Å². The zero-order valence-electron chi connectivity index (χ0n) is 20.4. The van der Waals surface area contributed by atoms with Gasteiger partial charge in [-0.2, -0.15) is 0 Å². The van der Waals surface area contributed by atoms with Crippen LogP contribution in [-0.2, 0) is 24.5 Å². The maximum Gasteiger partial charge on any atom is 0.223 e. The zero-order valence-corrected chi connectivity index (χ0v) is 20.4. The Hall–Kier alpha value is -1.92. The Morgan fingerprint density at radius 2 is 1.81 bits per heavy atom. The lowest BCUT2D eigenvalue weighted by molar-refractivity contribution is -0.135. The number of ether oxygens (including phenoxy) is 2. The molecular formula is C26H40N2O4. The highest BCUT2D eigenvalue weighted by atomic mass is 16.5. The van der Waals surface area contributed by atoms with E-state index in [4.69, 9.17) is 9.47 Å². The van der Waals surface area contributed by atoms with Gasteiger partial charge in [-0.1, -0.05) is 52.0 Å². The van der Waals surface area contributed by atoms with Crippen molar-refractivity contribution in [3.8, 4) is 0 Å². The summed E-state index contributed by atoms with van der Waals surface area (Å²) in [6.07, 6.45) is 3.04. The molecule has 0 saturated carbocycles. The van der Waals surface area contributed by atoms with Gasteiger partial charge >= 0.3 is 0 Å². The van der Waals surface area contributed by atoms with Gasteiger partial charge in [0, 0.05) is 38.0 Å². The summed E-state index contributed by atoms with van der Waals surface area (Å²) in [5.41, 5.74) is 2.18. The molecule has 6 heteroatoms. The second kappa shape index (κ2) is 10.8. The topological polar surface area (TPSA) is 67.9 Å². The Labute approximate surface area is 193 Å². The van der Waals surface area contributed by atoms with Crippen molar-refractivity contribution < 1.29 is 19.1 Å². The predicted octanol–water partition coefficient (Wildman–Crippen LogP) is 3.84. The van der Waals surface area contributed by atoms with Crippen LogP contribution in [0.3, 0.4) is 0 Å². The van der Waals surface area contributed by atoms with Crippen LogP contribution in [-0.4, -0.2) is 56.2 Å². The highest BCUT2D eigenvalue weighted by Crippen LogP contribution is 2.52. The van der Waals surface area contributed by atoms with Crippen LogP contribution in [0.25, 0.3) is 0 Å². The van der Waals surface area contributed by atoms with Gasteiger partial charge in [-0.25, -0.2) is 0 Å². The first-order valence-corrected chi connectivity index (χ1v) is 12.1. The van der Waals surface area contributed by atoms with E-state index in [1.165, 1.54) is 5.56 Å². The van der Waals surface area contributed by atoms with E-state index in [-0.39, 0.29) is 35.3 Å². The molecule has 2 amide bonds. The molecule has 1 heterocycles. The van der Waals surface area contributed by atoms with Gasteiger partial charge in [0.15, 0.2) is 0 Å². The fourth-order valence-corrected chi connectivity index (χ4v) is 5.12. The van der Waals surface area contributed by atoms with Crippen LogP contribution in [0, 0.1) is 11.8 Å². The Morgan fingerprint density at radius 1 is 1.12 bits per heavy atom. The van der Waals surface area contributed by atoms with Crippen molar-refractivity contribution in [1.82, 2.24) is 10.2 Å². The normalized spacial score (nSPS) is 21.9. The van der Waals surface area contributed by atoms with Gasteiger partial charge in [-0.05, 0) is 36.3 Å². The van der Waals surface area contributed by atoms with Crippen molar-refractivity contribution in [3.63, 3.8) is 0 Å². The lowest BCUT2D eigenvalue weighted by Crippen LogP contribution is -2.52. The minimum absolute atomic E-state index is 0.0310. The van der Waals surface area contributed by atoms with Crippen molar-refractivity contribution in [2.45, 2.75) is 70.9 Å². The van der Waals surface area contributed by atoms with Crippen LogP contribution in [0.5, 0.6) is 0 Å². The molecule has 0 radical (unpaired) electrons. The number of benzene rings is 1. The maximum atomic E-state index is 12.7. The number of piperidine rings is 1. The number of rotatable bonds is 9. The second-order valence-electron chi connectivity index (χ2n) is 9.98. The standard InChI is InChI=1S/C26H40N2O4/c1-18(2)10-11-22(29)28-14-12-26(13-15-28)21-9-7-6-8-20(21)23(27-25(30)19(3)4)24(26)32-17-16-31-5/h6-9,18-19,23-24H,10-17H2,1-5H3,(H,27,30)/t23-,24+/m0/s1. The molecule has 178 valence electrons. The van der Waals surface area contributed by atoms with E-state index in [1.54, 1.807) is 7.11 Å². The van der Waals surface area contributed by atoms with Crippen molar-refractivity contribution in [3.05, 3.63) is 35.4 Å². The Kier molecular flexibility index (Phi) is 8.34. The third kappa shape index (κ3) is 5.18. The molecule has 1 aliphatic carbocycles. The number of hydrogen-bond donors (Lipinski definition) is 1. The molecule has 1 aliphatic heterocycles. The monoisotopic (exact) mass is 444 g/mol. The fourth-order valence-electron chi connectivity index (χ4n) is 5.12. The number of carbonyl (C=O) groups is 2. The number of hydrogen-bond acceptors (Lipinski definition) is 4. The van der Waals surface area contributed by atoms with Crippen molar-refractivity contribution in [2.24, 2.45) is 11.8 Å². The second-order valence-corrected chi connectivity index (χ2v) is 9.98. The number of carbonyl (C=O) groups excluding carboxylic acids is 2. The number of amides is 2. The fraction of sp³-hybridized carbons (Fsp3) is 0.692. The number of fused-ring (bicyclic) bond motifs is 2. The first-order valence-electron chi connectivity index (χ1n) is 12.1. The lowest BCUT2D eigenvalue weighted by atomic mass is 9.71. The highest BCUT2D eigenvalue weighted by Gasteiger charge is 2.54. The molecule has 3 rings (SSSR count).